The lowest BCUT2D eigenvalue weighted by Crippen LogP contribution is -2.40. The van der Waals surface area contributed by atoms with Gasteiger partial charge in [0.1, 0.15) is 11.5 Å². The van der Waals surface area contributed by atoms with Crippen LogP contribution in [0.5, 0.6) is 11.5 Å². The van der Waals surface area contributed by atoms with Gasteiger partial charge in [-0.3, -0.25) is 9.59 Å². The molecule has 8 heteroatoms. The summed E-state index contributed by atoms with van der Waals surface area (Å²) in [6, 6.07) is 7.18. The highest BCUT2D eigenvalue weighted by atomic mass is 32.2. The van der Waals surface area contributed by atoms with Gasteiger partial charge in [0.25, 0.3) is 0 Å². The van der Waals surface area contributed by atoms with Gasteiger partial charge in [-0.1, -0.05) is 0 Å². The number of H-pyrrole nitrogens is 1. The highest BCUT2D eigenvalue weighted by Gasteiger charge is 2.42. The van der Waals surface area contributed by atoms with Gasteiger partial charge < -0.3 is 24.6 Å². The van der Waals surface area contributed by atoms with Crippen LogP contribution in [0.4, 0.5) is 0 Å². The van der Waals surface area contributed by atoms with Crippen molar-refractivity contribution in [2.75, 3.05) is 18.6 Å². The van der Waals surface area contributed by atoms with Gasteiger partial charge in [-0.05, 0) is 74.3 Å². The number of aromatic hydroxyl groups is 1. The van der Waals surface area contributed by atoms with E-state index in [1.165, 1.54) is 11.6 Å². The monoisotopic (exact) mass is 482 g/mol. The van der Waals surface area contributed by atoms with Crippen molar-refractivity contribution in [1.29, 1.82) is 0 Å². The maximum absolute atomic E-state index is 13.4. The van der Waals surface area contributed by atoms with Crippen LogP contribution in [0.25, 0.3) is 10.9 Å². The summed E-state index contributed by atoms with van der Waals surface area (Å²) < 4.78 is 11.3. The Kier molecular flexibility index (Phi) is 6.10. The molecule has 0 spiro atoms. The van der Waals surface area contributed by atoms with E-state index in [0.717, 1.165) is 53.1 Å². The fraction of sp³-hybridized carbons (Fsp3) is 0.462. The van der Waals surface area contributed by atoms with Gasteiger partial charge in [0.05, 0.1) is 13.2 Å². The second kappa shape index (κ2) is 9.06. The summed E-state index contributed by atoms with van der Waals surface area (Å²) in [6.07, 6.45) is 4.32. The van der Waals surface area contributed by atoms with Gasteiger partial charge in [0.2, 0.25) is 17.1 Å². The van der Waals surface area contributed by atoms with Crippen molar-refractivity contribution in [1.82, 2.24) is 10.3 Å². The van der Waals surface area contributed by atoms with Gasteiger partial charge in [-0.2, -0.15) is 11.8 Å². The fourth-order valence-electron chi connectivity index (χ4n) is 5.48. The van der Waals surface area contributed by atoms with Crippen LogP contribution in [0.3, 0.4) is 0 Å². The lowest BCUT2D eigenvalue weighted by atomic mass is 9.75. The molecule has 3 heterocycles. The van der Waals surface area contributed by atoms with Crippen molar-refractivity contribution in [3.05, 3.63) is 57.3 Å². The first kappa shape index (κ1) is 22.9. The van der Waals surface area contributed by atoms with Gasteiger partial charge in [0, 0.05) is 34.5 Å². The minimum absolute atomic E-state index is 0.0930. The standard InChI is InChI=1S/C26H30N2O5S/c1-15-12-21(29)24(31)25(33-15)26(8-10-34-11-9-26)14-22(30)27-20-5-3-4-17-18-13-16(32-2)6-7-19(18)28-23(17)20/h6-7,12-13,20,28,31H,3-5,8-11,14H2,1-2H3,(H,27,30). The van der Waals surface area contributed by atoms with E-state index in [1.807, 2.05) is 30.0 Å². The number of rotatable bonds is 5. The zero-order chi connectivity index (χ0) is 23.9. The van der Waals surface area contributed by atoms with Crippen LogP contribution in [0.1, 0.15) is 60.9 Å². The molecule has 34 heavy (non-hydrogen) atoms. The number of ether oxygens (including phenoxy) is 1. The maximum Gasteiger partial charge on any atom is 0.227 e. The van der Waals surface area contributed by atoms with Crippen molar-refractivity contribution in [2.45, 2.75) is 56.9 Å². The molecule has 1 aromatic carbocycles. The summed E-state index contributed by atoms with van der Waals surface area (Å²) in [7, 11) is 1.66. The summed E-state index contributed by atoms with van der Waals surface area (Å²) in [6.45, 7) is 1.70. The minimum atomic E-state index is -0.685. The highest BCUT2D eigenvalue weighted by molar-refractivity contribution is 7.99. The predicted molar refractivity (Wildman–Crippen MR) is 133 cm³/mol. The number of fused-ring (bicyclic) bond motifs is 3. The quantitative estimate of drug-likeness (QED) is 0.495. The first-order chi connectivity index (χ1) is 16.4. The summed E-state index contributed by atoms with van der Waals surface area (Å²) in [5.74, 6) is 2.76. The Morgan fingerprint density at radius 3 is 2.88 bits per heavy atom. The second-order valence-electron chi connectivity index (χ2n) is 9.41. The number of aromatic nitrogens is 1. The number of amides is 1. The molecule has 1 amide bonds. The summed E-state index contributed by atoms with van der Waals surface area (Å²) in [4.78, 5) is 29.2. The summed E-state index contributed by atoms with van der Waals surface area (Å²) in [5.41, 5.74) is 2.19. The second-order valence-corrected chi connectivity index (χ2v) is 10.6. The van der Waals surface area contributed by atoms with Crippen LogP contribution in [-0.2, 0) is 16.6 Å². The number of carbonyl (C=O) groups excluding carboxylic acids is 1. The Labute approximate surface area is 202 Å². The summed E-state index contributed by atoms with van der Waals surface area (Å²) in [5, 5.41) is 15.0. The number of aromatic amines is 1. The van der Waals surface area contributed by atoms with E-state index in [-0.39, 0.29) is 29.9 Å². The van der Waals surface area contributed by atoms with E-state index in [0.29, 0.717) is 18.6 Å². The number of aryl methyl sites for hydroxylation is 2. The maximum atomic E-state index is 13.4. The zero-order valence-electron chi connectivity index (χ0n) is 19.5. The van der Waals surface area contributed by atoms with Crippen LogP contribution in [0.15, 0.2) is 33.5 Å². The van der Waals surface area contributed by atoms with E-state index in [4.69, 9.17) is 9.15 Å². The van der Waals surface area contributed by atoms with Crippen LogP contribution < -0.4 is 15.5 Å². The van der Waals surface area contributed by atoms with Crippen molar-refractivity contribution in [3.8, 4) is 11.5 Å². The summed E-state index contributed by atoms with van der Waals surface area (Å²) >= 11 is 1.82. The third-order valence-electron chi connectivity index (χ3n) is 7.23. The Balaban J connectivity index is 1.43. The molecule has 180 valence electrons. The average Bonchev–Trinajstić information content (AvgIpc) is 3.20. The smallest absolute Gasteiger partial charge is 0.227 e. The van der Waals surface area contributed by atoms with Crippen LogP contribution in [-0.4, -0.2) is 34.6 Å². The van der Waals surface area contributed by atoms with E-state index in [9.17, 15) is 14.7 Å². The van der Waals surface area contributed by atoms with Crippen LogP contribution in [0.2, 0.25) is 0 Å². The van der Waals surface area contributed by atoms with E-state index >= 15 is 0 Å². The van der Waals surface area contributed by atoms with Crippen LogP contribution in [0, 0.1) is 6.92 Å². The normalized spacial score (nSPS) is 19.5. The number of hydrogen-bond acceptors (Lipinski definition) is 6. The van der Waals surface area contributed by atoms with Crippen molar-refractivity contribution < 1.29 is 19.1 Å². The molecule has 1 aliphatic carbocycles. The molecule has 1 aliphatic heterocycles. The average molecular weight is 483 g/mol. The van der Waals surface area contributed by atoms with Crippen molar-refractivity contribution >= 4 is 28.6 Å². The van der Waals surface area contributed by atoms with Gasteiger partial charge >= 0.3 is 0 Å². The molecule has 3 N–H and O–H groups in total. The molecule has 2 aliphatic rings. The molecule has 0 bridgehead atoms. The number of methoxy groups -OCH3 is 1. The zero-order valence-corrected chi connectivity index (χ0v) is 20.3. The Hall–Kier alpha value is -2.87. The van der Waals surface area contributed by atoms with Crippen molar-refractivity contribution in [3.63, 3.8) is 0 Å². The van der Waals surface area contributed by atoms with Crippen molar-refractivity contribution in [2.24, 2.45) is 0 Å². The number of nitrogens with one attached hydrogen (secondary N) is 2. The molecule has 7 nitrogen and oxygen atoms in total. The first-order valence-corrected chi connectivity index (χ1v) is 13.0. The van der Waals surface area contributed by atoms with E-state index < -0.39 is 10.8 Å². The molecular formula is C26H30N2O5S. The third kappa shape index (κ3) is 4.08. The molecule has 1 unspecified atom stereocenters. The number of hydrogen-bond donors (Lipinski definition) is 3. The molecular weight excluding hydrogens is 452 g/mol. The minimum Gasteiger partial charge on any atom is -0.502 e. The van der Waals surface area contributed by atoms with E-state index in [2.05, 4.69) is 10.3 Å². The molecule has 0 saturated carbocycles. The molecule has 1 saturated heterocycles. The Morgan fingerprint density at radius 2 is 2.12 bits per heavy atom. The molecule has 2 aromatic heterocycles. The Bertz CT molecular complexity index is 1290. The Morgan fingerprint density at radius 1 is 1.32 bits per heavy atom. The SMILES string of the molecule is COc1ccc2[nH]c3c(c2c1)CCCC3NC(=O)CC1(c2oc(C)cc(=O)c2O)CCSCC1. The number of benzene rings is 1. The molecule has 0 radical (unpaired) electrons. The van der Waals surface area contributed by atoms with Gasteiger partial charge in [-0.15, -0.1) is 0 Å². The predicted octanol–water partition coefficient (Wildman–Crippen LogP) is 4.49. The molecule has 5 rings (SSSR count). The fourth-order valence-corrected chi connectivity index (χ4v) is 6.75. The molecule has 3 aromatic rings. The lowest BCUT2D eigenvalue weighted by molar-refractivity contribution is -0.123. The van der Waals surface area contributed by atoms with Crippen LogP contribution >= 0.6 is 11.8 Å². The van der Waals surface area contributed by atoms with E-state index in [1.54, 1.807) is 14.0 Å². The molecule has 1 atom stereocenters. The topological polar surface area (TPSA) is 105 Å². The van der Waals surface area contributed by atoms with Gasteiger partial charge in [0.15, 0.2) is 5.76 Å². The largest absolute Gasteiger partial charge is 0.502 e. The number of thioether (sulfide) groups is 1. The highest BCUT2D eigenvalue weighted by Crippen LogP contribution is 2.44. The lowest BCUT2D eigenvalue weighted by Gasteiger charge is -2.36. The van der Waals surface area contributed by atoms with Gasteiger partial charge in [-0.25, -0.2) is 0 Å². The molecule has 1 fully saturated rings. The number of carbonyl (C=O) groups is 1. The third-order valence-corrected chi connectivity index (χ3v) is 8.21. The first-order valence-electron chi connectivity index (χ1n) is 11.8.